The largest absolute Gasteiger partial charge is 0.310 e. The van der Waals surface area contributed by atoms with Gasteiger partial charge in [-0.2, -0.15) is 0 Å². The van der Waals surface area contributed by atoms with Gasteiger partial charge in [-0.15, -0.1) is 0 Å². The molecule has 5 aromatic rings. The number of nitro groups is 1. The summed E-state index contributed by atoms with van der Waals surface area (Å²) < 4.78 is 0. The van der Waals surface area contributed by atoms with Crippen molar-refractivity contribution in [2.45, 2.75) is 0 Å². The summed E-state index contributed by atoms with van der Waals surface area (Å²) in [6, 6.07) is 39.6. The van der Waals surface area contributed by atoms with Crippen molar-refractivity contribution in [1.29, 1.82) is 0 Å². The van der Waals surface area contributed by atoms with Crippen LogP contribution in [-0.4, -0.2) is 4.92 Å². The molecule has 0 N–H and O–H groups in total. The summed E-state index contributed by atoms with van der Waals surface area (Å²) >= 11 is 0. The van der Waals surface area contributed by atoms with Crippen LogP contribution in [0.1, 0.15) is 0 Å². The standard InChI is InChI=1S/C28H20N2O2/c31-30(32)28-15-7-6-14-26(28)22-17-19-24(20-18-22)29(23-11-2-1-3-12-23)27-16-8-10-21-9-4-5-13-25(21)27/h1-20H. The Bertz CT molecular complexity index is 1390. The van der Waals surface area contributed by atoms with Crippen LogP contribution in [0.4, 0.5) is 22.7 Å². The van der Waals surface area contributed by atoms with Crippen molar-refractivity contribution < 1.29 is 4.92 Å². The molecule has 4 nitrogen and oxygen atoms in total. The van der Waals surface area contributed by atoms with Crippen molar-refractivity contribution in [2.75, 3.05) is 4.90 Å². The van der Waals surface area contributed by atoms with Gasteiger partial charge in [0.2, 0.25) is 0 Å². The second-order valence-corrected chi connectivity index (χ2v) is 7.49. The molecule has 0 saturated carbocycles. The van der Waals surface area contributed by atoms with E-state index in [0.29, 0.717) is 5.56 Å². The highest BCUT2D eigenvalue weighted by Crippen LogP contribution is 2.39. The molecular formula is C28H20N2O2. The molecule has 0 heterocycles. The fourth-order valence-corrected chi connectivity index (χ4v) is 4.07. The van der Waals surface area contributed by atoms with E-state index in [4.69, 9.17) is 0 Å². The van der Waals surface area contributed by atoms with Crippen LogP contribution in [0.3, 0.4) is 0 Å². The molecule has 5 rings (SSSR count). The third kappa shape index (κ3) is 3.59. The zero-order chi connectivity index (χ0) is 21.9. The van der Waals surface area contributed by atoms with Gasteiger partial charge in [-0.25, -0.2) is 0 Å². The van der Waals surface area contributed by atoms with Crippen molar-refractivity contribution in [3.05, 3.63) is 131 Å². The van der Waals surface area contributed by atoms with E-state index in [1.165, 1.54) is 11.5 Å². The quantitative estimate of drug-likeness (QED) is 0.216. The average molecular weight is 416 g/mol. The van der Waals surface area contributed by atoms with Crippen LogP contribution in [0.5, 0.6) is 0 Å². The zero-order valence-corrected chi connectivity index (χ0v) is 17.3. The molecule has 0 saturated heterocycles. The van der Waals surface area contributed by atoms with E-state index in [9.17, 15) is 10.1 Å². The number of anilines is 3. The Labute approximate surface area is 186 Å². The molecule has 5 aromatic carbocycles. The van der Waals surface area contributed by atoms with Crippen LogP contribution in [0, 0.1) is 10.1 Å². The van der Waals surface area contributed by atoms with Gasteiger partial charge in [0.05, 0.1) is 16.2 Å². The lowest BCUT2D eigenvalue weighted by Crippen LogP contribution is -2.10. The maximum Gasteiger partial charge on any atom is 0.277 e. The van der Waals surface area contributed by atoms with E-state index < -0.39 is 0 Å². The molecule has 0 aliphatic carbocycles. The van der Waals surface area contributed by atoms with E-state index >= 15 is 0 Å². The fraction of sp³-hybridized carbons (Fsp3) is 0. The SMILES string of the molecule is O=[N+]([O-])c1ccccc1-c1ccc(N(c2ccccc2)c2cccc3ccccc23)cc1. The Kier molecular flexibility index (Phi) is 5.10. The summed E-state index contributed by atoms with van der Waals surface area (Å²) in [6.07, 6.45) is 0. The Morgan fingerprint density at radius 1 is 0.594 bits per heavy atom. The first-order valence-corrected chi connectivity index (χ1v) is 10.4. The van der Waals surface area contributed by atoms with Crippen molar-refractivity contribution in [3.63, 3.8) is 0 Å². The topological polar surface area (TPSA) is 46.4 Å². The van der Waals surface area contributed by atoms with E-state index in [1.54, 1.807) is 12.1 Å². The number of benzene rings is 5. The molecule has 0 radical (unpaired) electrons. The van der Waals surface area contributed by atoms with Crippen LogP contribution < -0.4 is 4.90 Å². The number of nitrogens with zero attached hydrogens (tertiary/aromatic N) is 2. The first-order valence-electron chi connectivity index (χ1n) is 10.4. The van der Waals surface area contributed by atoms with Gasteiger partial charge >= 0.3 is 0 Å². The summed E-state index contributed by atoms with van der Waals surface area (Å²) in [4.78, 5) is 13.3. The lowest BCUT2D eigenvalue weighted by Gasteiger charge is -2.27. The number of hydrogen-bond acceptors (Lipinski definition) is 3. The lowest BCUT2D eigenvalue weighted by molar-refractivity contribution is -0.384. The molecule has 0 bridgehead atoms. The Morgan fingerprint density at radius 3 is 2.00 bits per heavy atom. The third-order valence-electron chi connectivity index (χ3n) is 5.56. The molecule has 0 aliphatic rings. The fourth-order valence-electron chi connectivity index (χ4n) is 4.07. The maximum absolute atomic E-state index is 11.5. The highest BCUT2D eigenvalue weighted by molar-refractivity contribution is 5.99. The zero-order valence-electron chi connectivity index (χ0n) is 17.3. The summed E-state index contributed by atoms with van der Waals surface area (Å²) in [5.41, 5.74) is 4.63. The van der Waals surface area contributed by atoms with Crippen molar-refractivity contribution in [2.24, 2.45) is 0 Å². The smallest absolute Gasteiger partial charge is 0.277 e. The molecule has 0 unspecified atom stereocenters. The summed E-state index contributed by atoms with van der Waals surface area (Å²) in [5.74, 6) is 0. The lowest BCUT2D eigenvalue weighted by atomic mass is 10.0. The van der Waals surface area contributed by atoms with Gasteiger partial charge in [0.1, 0.15) is 0 Å². The predicted octanol–water partition coefficient (Wildman–Crippen LogP) is 7.88. The maximum atomic E-state index is 11.5. The molecule has 32 heavy (non-hydrogen) atoms. The number of fused-ring (bicyclic) bond motifs is 1. The van der Waals surface area contributed by atoms with E-state index in [1.807, 2.05) is 60.7 Å². The first-order chi connectivity index (χ1) is 15.7. The number of para-hydroxylation sites is 2. The number of hydrogen-bond donors (Lipinski definition) is 0. The Morgan fingerprint density at radius 2 is 1.22 bits per heavy atom. The van der Waals surface area contributed by atoms with Gasteiger partial charge in [-0.05, 0) is 47.3 Å². The summed E-state index contributed by atoms with van der Waals surface area (Å²) in [7, 11) is 0. The first kappa shape index (κ1) is 19.5. The minimum Gasteiger partial charge on any atom is -0.310 e. The second-order valence-electron chi connectivity index (χ2n) is 7.49. The van der Waals surface area contributed by atoms with Gasteiger partial charge in [0.15, 0.2) is 0 Å². The molecule has 0 aliphatic heterocycles. The van der Waals surface area contributed by atoms with Crippen LogP contribution in [0.2, 0.25) is 0 Å². The molecule has 0 amide bonds. The molecule has 0 atom stereocenters. The van der Waals surface area contributed by atoms with Crippen LogP contribution >= 0.6 is 0 Å². The second kappa shape index (κ2) is 8.36. The van der Waals surface area contributed by atoms with E-state index in [-0.39, 0.29) is 10.6 Å². The monoisotopic (exact) mass is 416 g/mol. The van der Waals surface area contributed by atoms with Crippen LogP contribution in [0.25, 0.3) is 21.9 Å². The van der Waals surface area contributed by atoms with Crippen molar-refractivity contribution in [1.82, 2.24) is 0 Å². The summed E-state index contributed by atoms with van der Waals surface area (Å²) in [5, 5.41) is 13.8. The number of nitro benzene ring substituents is 1. The number of rotatable bonds is 5. The van der Waals surface area contributed by atoms with Gasteiger partial charge in [0, 0.05) is 22.8 Å². The highest BCUT2D eigenvalue weighted by Gasteiger charge is 2.17. The van der Waals surface area contributed by atoms with E-state index in [0.717, 1.165) is 28.0 Å². The minimum atomic E-state index is -0.338. The van der Waals surface area contributed by atoms with E-state index in [2.05, 4.69) is 47.4 Å². The highest BCUT2D eigenvalue weighted by atomic mass is 16.6. The van der Waals surface area contributed by atoms with Gasteiger partial charge < -0.3 is 4.90 Å². The van der Waals surface area contributed by atoms with Crippen molar-refractivity contribution >= 4 is 33.5 Å². The third-order valence-corrected chi connectivity index (χ3v) is 5.56. The molecular weight excluding hydrogens is 396 g/mol. The Hall–Kier alpha value is -4.44. The molecule has 0 fully saturated rings. The van der Waals surface area contributed by atoms with Gasteiger partial charge in [0.25, 0.3) is 5.69 Å². The van der Waals surface area contributed by atoms with Gasteiger partial charge in [-0.1, -0.05) is 78.9 Å². The van der Waals surface area contributed by atoms with Crippen LogP contribution in [0.15, 0.2) is 121 Å². The normalized spacial score (nSPS) is 10.8. The molecule has 0 aromatic heterocycles. The molecule has 4 heteroatoms. The van der Waals surface area contributed by atoms with Crippen molar-refractivity contribution in [3.8, 4) is 11.1 Å². The molecule has 0 spiro atoms. The Balaban J connectivity index is 1.65. The van der Waals surface area contributed by atoms with Crippen LogP contribution in [-0.2, 0) is 0 Å². The van der Waals surface area contributed by atoms with Gasteiger partial charge in [-0.3, -0.25) is 10.1 Å². The summed E-state index contributed by atoms with van der Waals surface area (Å²) in [6.45, 7) is 0. The predicted molar refractivity (Wildman–Crippen MR) is 131 cm³/mol. The average Bonchev–Trinajstić information content (AvgIpc) is 2.85. The minimum absolute atomic E-state index is 0.106. The molecule has 154 valence electrons.